The molecule has 1 N–H and O–H groups in total. The van der Waals surface area contributed by atoms with Crippen molar-refractivity contribution in [1.82, 2.24) is 24.9 Å². The lowest BCUT2D eigenvalue weighted by atomic mass is 10.2. The topological polar surface area (TPSA) is 47.7 Å². The number of aromatic nitrogens is 4. The van der Waals surface area contributed by atoms with Gasteiger partial charge in [0.25, 0.3) is 0 Å². The van der Waals surface area contributed by atoms with E-state index in [0.29, 0.717) is 6.04 Å². The van der Waals surface area contributed by atoms with Crippen LogP contribution in [0, 0.1) is 0 Å². The maximum atomic E-state index is 4.32. The Hall–Kier alpha value is -1.66. The molecule has 0 unspecified atom stereocenters. The molecular formula is C15H16BrN5. The van der Waals surface area contributed by atoms with Crippen molar-refractivity contribution in [2.75, 3.05) is 13.1 Å². The van der Waals surface area contributed by atoms with E-state index in [1.165, 1.54) is 10.9 Å². The van der Waals surface area contributed by atoms with Crippen molar-refractivity contribution >= 4 is 26.8 Å². The zero-order valence-electron chi connectivity index (χ0n) is 11.5. The fraction of sp³-hybridized carbons (Fsp3) is 0.333. The quantitative estimate of drug-likeness (QED) is 0.793. The third-order valence-electron chi connectivity index (χ3n) is 4.03. The molecule has 1 aliphatic heterocycles. The van der Waals surface area contributed by atoms with Gasteiger partial charge in [0.2, 0.25) is 0 Å². The van der Waals surface area contributed by atoms with Crippen LogP contribution in [0.5, 0.6) is 0 Å². The first-order chi connectivity index (χ1) is 10.3. The van der Waals surface area contributed by atoms with Gasteiger partial charge in [0, 0.05) is 28.1 Å². The highest BCUT2D eigenvalue weighted by Crippen LogP contribution is 2.21. The summed E-state index contributed by atoms with van der Waals surface area (Å²) in [6, 6.07) is 8.91. The molecule has 6 heteroatoms. The minimum absolute atomic E-state index is 0.448. The van der Waals surface area contributed by atoms with Gasteiger partial charge < -0.3 is 9.88 Å². The number of benzene rings is 1. The molecule has 1 aliphatic rings. The van der Waals surface area contributed by atoms with E-state index in [4.69, 9.17) is 0 Å². The van der Waals surface area contributed by atoms with Crippen LogP contribution in [-0.4, -0.2) is 32.7 Å². The van der Waals surface area contributed by atoms with Gasteiger partial charge in [-0.15, -0.1) is 5.10 Å². The van der Waals surface area contributed by atoms with E-state index in [1.54, 1.807) is 0 Å². The lowest BCUT2D eigenvalue weighted by molar-refractivity contribution is 0.476. The SMILES string of the molecule is Brc1ccc2c(ccn2Cc2cn([C@H]3CCNC3)nn2)c1. The number of nitrogens with zero attached hydrogens (tertiary/aromatic N) is 4. The molecular weight excluding hydrogens is 330 g/mol. The van der Waals surface area contributed by atoms with Crippen LogP contribution in [0.3, 0.4) is 0 Å². The average molecular weight is 346 g/mol. The number of rotatable bonds is 3. The Kier molecular flexibility index (Phi) is 3.27. The molecule has 4 rings (SSSR count). The molecule has 108 valence electrons. The van der Waals surface area contributed by atoms with Crippen LogP contribution in [-0.2, 0) is 6.54 Å². The monoisotopic (exact) mass is 345 g/mol. The number of fused-ring (bicyclic) bond motifs is 1. The predicted molar refractivity (Wildman–Crippen MR) is 85.3 cm³/mol. The van der Waals surface area contributed by atoms with Crippen molar-refractivity contribution in [3.8, 4) is 0 Å². The molecule has 1 atom stereocenters. The summed E-state index contributed by atoms with van der Waals surface area (Å²) in [7, 11) is 0. The summed E-state index contributed by atoms with van der Waals surface area (Å²) in [5.41, 5.74) is 2.22. The highest BCUT2D eigenvalue weighted by molar-refractivity contribution is 9.10. The highest BCUT2D eigenvalue weighted by atomic mass is 79.9. The van der Waals surface area contributed by atoms with Crippen LogP contribution in [0.2, 0.25) is 0 Å². The first-order valence-corrected chi connectivity index (χ1v) is 7.95. The number of hydrogen-bond acceptors (Lipinski definition) is 3. The predicted octanol–water partition coefficient (Wildman–Crippen LogP) is 2.58. The van der Waals surface area contributed by atoms with E-state index in [2.05, 4.69) is 72.8 Å². The van der Waals surface area contributed by atoms with Crippen LogP contribution in [0.4, 0.5) is 0 Å². The van der Waals surface area contributed by atoms with Gasteiger partial charge in [0.05, 0.1) is 18.8 Å². The molecule has 1 saturated heterocycles. The average Bonchev–Trinajstić information content (AvgIpc) is 3.19. The van der Waals surface area contributed by atoms with E-state index in [-0.39, 0.29) is 0 Å². The van der Waals surface area contributed by atoms with Crippen LogP contribution in [0.15, 0.2) is 41.1 Å². The fourth-order valence-electron chi connectivity index (χ4n) is 2.91. The normalized spacial score (nSPS) is 18.6. The van der Waals surface area contributed by atoms with Gasteiger partial charge in [0.15, 0.2) is 0 Å². The molecule has 0 amide bonds. The smallest absolute Gasteiger partial charge is 0.102 e. The Morgan fingerprint density at radius 1 is 1.33 bits per heavy atom. The lowest BCUT2D eigenvalue weighted by Gasteiger charge is -2.06. The first-order valence-electron chi connectivity index (χ1n) is 7.15. The molecule has 21 heavy (non-hydrogen) atoms. The summed E-state index contributed by atoms with van der Waals surface area (Å²) in [6.45, 7) is 2.81. The van der Waals surface area contributed by atoms with Gasteiger partial charge in [-0.25, -0.2) is 4.68 Å². The Balaban J connectivity index is 1.59. The Morgan fingerprint density at radius 2 is 2.29 bits per heavy atom. The highest BCUT2D eigenvalue weighted by Gasteiger charge is 2.17. The standard InChI is InChI=1S/C15H16BrN5/c16-12-1-2-15-11(7-12)4-6-20(15)9-13-10-21(19-18-13)14-3-5-17-8-14/h1-2,4,6-7,10,14,17H,3,5,8-9H2/t14-/m0/s1. The lowest BCUT2D eigenvalue weighted by Crippen LogP contribution is -2.13. The first kappa shape index (κ1) is 13.0. The van der Waals surface area contributed by atoms with Gasteiger partial charge in [-0.1, -0.05) is 21.1 Å². The van der Waals surface area contributed by atoms with E-state index >= 15 is 0 Å². The van der Waals surface area contributed by atoms with Crippen molar-refractivity contribution in [2.45, 2.75) is 19.0 Å². The summed E-state index contributed by atoms with van der Waals surface area (Å²) in [6.07, 6.45) is 5.30. The van der Waals surface area contributed by atoms with E-state index in [1.807, 2.05) is 4.68 Å². The Labute approximate surface area is 131 Å². The van der Waals surface area contributed by atoms with E-state index in [0.717, 1.165) is 36.2 Å². The summed E-state index contributed by atoms with van der Waals surface area (Å²) >= 11 is 3.51. The molecule has 3 aromatic rings. The molecule has 0 spiro atoms. The van der Waals surface area contributed by atoms with E-state index < -0.39 is 0 Å². The Bertz CT molecular complexity index is 769. The summed E-state index contributed by atoms with van der Waals surface area (Å²) in [5.74, 6) is 0. The van der Waals surface area contributed by atoms with E-state index in [9.17, 15) is 0 Å². The fourth-order valence-corrected chi connectivity index (χ4v) is 3.29. The second-order valence-corrected chi connectivity index (χ2v) is 6.40. The Morgan fingerprint density at radius 3 is 3.14 bits per heavy atom. The van der Waals surface area contributed by atoms with Crippen LogP contribution >= 0.6 is 15.9 Å². The molecule has 0 saturated carbocycles. The van der Waals surface area contributed by atoms with Crippen molar-refractivity contribution in [2.24, 2.45) is 0 Å². The maximum Gasteiger partial charge on any atom is 0.102 e. The minimum Gasteiger partial charge on any atom is -0.341 e. The number of hydrogen-bond donors (Lipinski definition) is 1. The van der Waals surface area contributed by atoms with Crippen molar-refractivity contribution in [1.29, 1.82) is 0 Å². The minimum atomic E-state index is 0.448. The molecule has 1 fully saturated rings. The zero-order valence-corrected chi connectivity index (χ0v) is 13.1. The molecule has 0 radical (unpaired) electrons. The molecule has 0 aliphatic carbocycles. The van der Waals surface area contributed by atoms with Gasteiger partial charge in [-0.2, -0.15) is 0 Å². The molecule has 3 heterocycles. The molecule has 2 aromatic heterocycles. The van der Waals surface area contributed by atoms with Crippen LogP contribution in [0.25, 0.3) is 10.9 Å². The van der Waals surface area contributed by atoms with Gasteiger partial charge in [-0.3, -0.25) is 0 Å². The summed E-state index contributed by atoms with van der Waals surface area (Å²) in [5, 5.41) is 13.2. The maximum absolute atomic E-state index is 4.32. The molecule has 5 nitrogen and oxygen atoms in total. The second-order valence-electron chi connectivity index (χ2n) is 5.48. The van der Waals surface area contributed by atoms with Crippen molar-refractivity contribution < 1.29 is 0 Å². The second kappa shape index (κ2) is 5.27. The van der Waals surface area contributed by atoms with Crippen LogP contribution in [0.1, 0.15) is 18.2 Å². The molecule has 1 aromatic carbocycles. The van der Waals surface area contributed by atoms with Gasteiger partial charge in [0.1, 0.15) is 5.69 Å². The van der Waals surface area contributed by atoms with Crippen molar-refractivity contribution in [3.63, 3.8) is 0 Å². The van der Waals surface area contributed by atoms with Gasteiger partial charge in [-0.05, 0) is 37.2 Å². The largest absolute Gasteiger partial charge is 0.341 e. The summed E-state index contributed by atoms with van der Waals surface area (Å²) in [4.78, 5) is 0. The molecule has 0 bridgehead atoms. The third kappa shape index (κ3) is 2.49. The number of nitrogens with one attached hydrogen (secondary N) is 1. The third-order valence-corrected chi connectivity index (χ3v) is 4.52. The number of halogens is 1. The van der Waals surface area contributed by atoms with Crippen molar-refractivity contribution in [3.05, 3.63) is 46.8 Å². The van der Waals surface area contributed by atoms with Gasteiger partial charge >= 0.3 is 0 Å². The summed E-state index contributed by atoms with van der Waals surface area (Å²) < 4.78 is 5.31. The zero-order chi connectivity index (χ0) is 14.2. The van der Waals surface area contributed by atoms with Crippen LogP contribution < -0.4 is 5.32 Å².